The van der Waals surface area contributed by atoms with Crippen molar-refractivity contribution in [3.8, 4) is 5.75 Å². The van der Waals surface area contributed by atoms with Crippen LogP contribution in [0.3, 0.4) is 0 Å². The molecule has 1 heterocycles. The van der Waals surface area contributed by atoms with E-state index in [-0.39, 0.29) is 5.91 Å². The number of carbonyl (C=O) groups is 1. The van der Waals surface area contributed by atoms with Crippen LogP contribution in [0.15, 0.2) is 34.7 Å². The van der Waals surface area contributed by atoms with Gasteiger partial charge < -0.3 is 14.5 Å². The molecule has 4 heteroatoms. The summed E-state index contributed by atoms with van der Waals surface area (Å²) in [5, 5.41) is 2.83. The first-order chi connectivity index (χ1) is 10.4. The third-order valence-electron chi connectivity index (χ3n) is 3.13. The highest BCUT2D eigenvalue weighted by Crippen LogP contribution is 2.18. The second-order valence-electron chi connectivity index (χ2n) is 5.98. The third kappa shape index (κ3) is 4.65. The Morgan fingerprint density at radius 1 is 1.18 bits per heavy atom. The van der Waals surface area contributed by atoms with Gasteiger partial charge in [-0.25, -0.2) is 0 Å². The van der Waals surface area contributed by atoms with Crippen LogP contribution >= 0.6 is 0 Å². The molecule has 4 nitrogen and oxygen atoms in total. The average Bonchev–Trinajstić information content (AvgIpc) is 2.90. The number of nitrogens with one attached hydrogen (secondary N) is 1. The summed E-state index contributed by atoms with van der Waals surface area (Å²) in [6, 6.07) is 9.50. The zero-order valence-electron chi connectivity index (χ0n) is 13.6. The molecule has 0 aliphatic carbocycles. The Morgan fingerprint density at radius 3 is 2.50 bits per heavy atom. The van der Waals surface area contributed by atoms with Crippen LogP contribution in [0, 0.1) is 19.8 Å². The van der Waals surface area contributed by atoms with Crippen LogP contribution in [0.5, 0.6) is 5.75 Å². The van der Waals surface area contributed by atoms with Crippen LogP contribution in [0.4, 0.5) is 0 Å². The van der Waals surface area contributed by atoms with E-state index in [4.69, 9.17) is 9.15 Å². The highest BCUT2D eigenvalue weighted by molar-refractivity contribution is 5.91. The molecule has 0 aliphatic heterocycles. The summed E-state index contributed by atoms with van der Waals surface area (Å²) in [6.45, 7) is 9.10. The number of rotatable bonds is 6. The quantitative estimate of drug-likeness (QED) is 0.881. The van der Waals surface area contributed by atoms with E-state index in [0.29, 0.717) is 30.6 Å². The van der Waals surface area contributed by atoms with Gasteiger partial charge in [0.2, 0.25) is 0 Å². The van der Waals surface area contributed by atoms with E-state index >= 15 is 0 Å². The monoisotopic (exact) mass is 301 g/mol. The molecule has 1 amide bonds. The summed E-state index contributed by atoms with van der Waals surface area (Å²) in [7, 11) is 0. The fraction of sp³-hybridized carbons (Fsp3) is 0.389. The van der Waals surface area contributed by atoms with Gasteiger partial charge in [0, 0.05) is 6.54 Å². The van der Waals surface area contributed by atoms with Gasteiger partial charge in [-0.2, -0.15) is 0 Å². The van der Waals surface area contributed by atoms with E-state index in [1.807, 2.05) is 39.8 Å². The van der Waals surface area contributed by atoms with E-state index in [1.54, 1.807) is 12.1 Å². The number of benzene rings is 1. The van der Waals surface area contributed by atoms with E-state index in [1.165, 1.54) is 0 Å². The molecule has 1 aromatic heterocycles. The number of furan rings is 1. The first-order valence-electron chi connectivity index (χ1n) is 7.52. The van der Waals surface area contributed by atoms with Crippen molar-refractivity contribution in [2.75, 3.05) is 6.54 Å². The Labute approximate surface area is 131 Å². The van der Waals surface area contributed by atoms with Gasteiger partial charge in [-0.3, -0.25) is 4.79 Å². The number of carbonyl (C=O) groups excluding carboxylic acids is 1. The van der Waals surface area contributed by atoms with Crippen molar-refractivity contribution >= 4 is 5.91 Å². The molecule has 0 bridgehead atoms. The van der Waals surface area contributed by atoms with Gasteiger partial charge in [0.1, 0.15) is 18.1 Å². The lowest BCUT2D eigenvalue weighted by Gasteiger charge is -2.07. The molecule has 2 aromatic rings. The number of aryl methyl sites for hydroxylation is 2. The minimum absolute atomic E-state index is 0.189. The van der Waals surface area contributed by atoms with Crippen LogP contribution in [0.25, 0.3) is 0 Å². The molecule has 0 fully saturated rings. The van der Waals surface area contributed by atoms with Crippen molar-refractivity contribution in [2.45, 2.75) is 34.3 Å². The predicted octanol–water partition coefficient (Wildman–Crippen LogP) is 3.86. The van der Waals surface area contributed by atoms with Crippen molar-refractivity contribution in [1.82, 2.24) is 5.32 Å². The molecule has 1 N–H and O–H groups in total. The first-order valence-corrected chi connectivity index (χ1v) is 7.52. The summed E-state index contributed by atoms with van der Waals surface area (Å²) >= 11 is 0. The Bertz CT molecular complexity index is 623. The van der Waals surface area contributed by atoms with E-state index in [2.05, 4.69) is 11.4 Å². The molecular weight excluding hydrogens is 278 g/mol. The molecule has 0 spiro atoms. The summed E-state index contributed by atoms with van der Waals surface area (Å²) in [5.41, 5.74) is 2.31. The van der Waals surface area contributed by atoms with Gasteiger partial charge in [-0.1, -0.05) is 19.9 Å². The van der Waals surface area contributed by atoms with Gasteiger partial charge >= 0.3 is 0 Å². The van der Waals surface area contributed by atoms with E-state index in [0.717, 1.165) is 16.9 Å². The minimum Gasteiger partial charge on any atom is -0.486 e. The van der Waals surface area contributed by atoms with Crippen LogP contribution < -0.4 is 10.1 Å². The van der Waals surface area contributed by atoms with Gasteiger partial charge in [0.25, 0.3) is 5.91 Å². The highest BCUT2D eigenvalue weighted by Gasteiger charge is 2.11. The largest absolute Gasteiger partial charge is 0.486 e. The fourth-order valence-electron chi connectivity index (χ4n) is 2.13. The molecular formula is C18H23NO3. The first kappa shape index (κ1) is 16.1. The van der Waals surface area contributed by atoms with Crippen molar-refractivity contribution in [1.29, 1.82) is 0 Å². The van der Waals surface area contributed by atoms with Gasteiger partial charge in [-0.15, -0.1) is 0 Å². The lowest BCUT2D eigenvalue weighted by atomic mass is 10.1. The average molecular weight is 301 g/mol. The van der Waals surface area contributed by atoms with Crippen LogP contribution in [-0.2, 0) is 6.61 Å². The standard InChI is InChI=1S/C18H23NO3/c1-12(2)10-19-18(20)17-6-5-15(22-17)11-21-16-8-13(3)7-14(4)9-16/h5-9,12H,10-11H2,1-4H3,(H,19,20). The molecule has 0 unspecified atom stereocenters. The number of ether oxygens (including phenoxy) is 1. The van der Waals surface area contributed by atoms with Crippen molar-refractivity contribution in [3.05, 3.63) is 53.0 Å². The fourth-order valence-corrected chi connectivity index (χ4v) is 2.13. The summed E-state index contributed by atoms with van der Waals surface area (Å²) in [4.78, 5) is 11.9. The highest BCUT2D eigenvalue weighted by atomic mass is 16.5. The second-order valence-corrected chi connectivity index (χ2v) is 5.98. The maximum Gasteiger partial charge on any atom is 0.287 e. The minimum atomic E-state index is -0.189. The summed E-state index contributed by atoms with van der Waals surface area (Å²) < 4.78 is 11.2. The second kappa shape index (κ2) is 7.16. The zero-order valence-corrected chi connectivity index (χ0v) is 13.6. The molecule has 0 atom stereocenters. The van der Waals surface area contributed by atoms with Crippen LogP contribution in [0.2, 0.25) is 0 Å². The van der Waals surface area contributed by atoms with Gasteiger partial charge in [0.05, 0.1) is 0 Å². The Hall–Kier alpha value is -2.23. The SMILES string of the molecule is Cc1cc(C)cc(OCc2ccc(C(=O)NCC(C)C)o2)c1. The molecule has 0 saturated carbocycles. The predicted molar refractivity (Wildman–Crippen MR) is 86.1 cm³/mol. The van der Waals surface area contributed by atoms with Crippen molar-refractivity contribution in [3.63, 3.8) is 0 Å². The molecule has 118 valence electrons. The lowest BCUT2D eigenvalue weighted by molar-refractivity contribution is 0.0917. The lowest BCUT2D eigenvalue weighted by Crippen LogP contribution is -2.26. The zero-order chi connectivity index (χ0) is 16.1. The van der Waals surface area contributed by atoms with E-state index < -0.39 is 0 Å². The van der Waals surface area contributed by atoms with E-state index in [9.17, 15) is 4.79 Å². The summed E-state index contributed by atoms with van der Waals surface area (Å²) in [5.74, 6) is 1.98. The van der Waals surface area contributed by atoms with Gasteiger partial charge in [-0.05, 0) is 55.2 Å². The van der Waals surface area contributed by atoms with Crippen LogP contribution in [0.1, 0.15) is 41.3 Å². The summed E-state index contributed by atoms with van der Waals surface area (Å²) in [6.07, 6.45) is 0. The number of amides is 1. The third-order valence-corrected chi connectivity index (χ3v) is 3.13. The normalized spacial score (nSPS) is 10.8. The molecule has 0 radical (unpaired) electrons. The Balaban J connectivity index is 1.93. The molecule has 2 rings (SSSR count). The topological polar surface area (TPSA) is 51.5 Å². The number of hydrogen-bond donors (Lipinski definition) is 1. The van der Waals surface area contributed by atoms with Crippen molar-refractivity contribution in [2.24, 2.45) is 5.92 Å². The Morgan fingerprint density at radius 2 is 1.86 bits per heavy atom. The van der Waals surface area contributed by atoms with Crippen LogP contribution in [-0.4, -0.2) is 12.5 Å². The maximum atomic E-state index is 11.9. The maximum absolute atomic E-state index is 11.9. The smallest absolute Gasteiger partial charge is 0.287 e. The number of hydrogen-bond acceptors (Lipinski definition) is 3. The molecule has 22 heavy (non-hydrogen) atoms. The van der Waals surface area contributed by atoms with Gasteiger partial charge in [0.15, 0.2) is 5.76 Å². The Kier molecular flexibility index (Phi) is 5.26. The molecule has 0 saturated heterocycles. The molecule has 1 aromatic carbocycles. The van der Waals surface area contributed by atoms with Crippen molar-refractivity contribution < 1.29 is 13.9 Å². The molecule has 0 aliphatic rings.